The van der Waals surface area contributed by atoms with Crippen molar-refractivity contribution in [1.82, 2.24) is 5.32 Å². The van der Waals surface area contributed by atoms with E-state index in [9.17, 15) is 0 Å². The van der Waals surface area contributed by atoms with Gasteiger partial charge in [0.25, 0.3) is 0 Å². The maximum absolute atomic E-state index is 3.75. The standard InChI is InChI=1S/C16H25N/c1-3-6-14-9-11-15(12-10-14)13(2)17-16-7-4-5-8-16/h9-13,16-17H,3-8H2,1-2H3. The Kier molecular flexibility index (Phi) is 4.61. The van der Waals surface area contributed by atoms with Gasteiger partial charge in [0.05, 0.1) is 0 Å². The molecule has 0 aliphatic heterocycles. The van der Waals surface area contributed by atoms with Crippen LogP contribution in [0, 0.1) is 0 Å². The fraction of sp³-hybridized carbons (Fsp3) is 0.625. The summed E-state index contributed by atoms with van der Waals surface area (Å²) in [5.74, 6) is 0. The van der Waals surface area contributed by atoms with E-state index in [1.807, 2.05) is 0 Å². The lowest BCUT2D eigenvalue weighted by molar-refractivity contribution is 0.461. The maximum Gasteiger partial charge on any atom is 0.0294 e. The van der Waals surface area contributed by atoms with Gasteiger partial charge in [0.2, 0.25) is 0 Å². The topological polar surface area (TPSA) is 12.0 Å². The monoisotopic (exact) mass is 231 g/mol. The van der Waals surface area contributed by atoms with Gasteiger partial charge in [-0.1, -0.05) is 50.5 Å². The molecule has 0 saturated heterocycles. The van der Waals surface area contributed by atoms with Gasteiger partial charge in [-0.3, -0.25) is 0 Å². The Morgan fingerprint density at radius 3 is 2.41 bits per heavy atom. The molecule has 17 heavy (non-hydrogen) atoms. The molecule has 0 aromatic heterocycles. The van der Waals surface area contributed by atoms with Gasteiger partial charge in [-0.25, -0.2) is 0 Å². The van der Waals surface area contributed by atoms with E-state index in [-0.39, 0.29) is 0 Å². The van der Waals surface area contributed by atoms with E-state index in [0.29, 0.717) is 6.04 Å². The Balaban J connectivity index is 1.91. The molecule has 1 saturated carbocycles. The van der Waals surface area contributed by atoms with E-state index >= 15 is 0 Å². The summed E-state index contributed by atoms with van der Waals surface area (Å²) < 4.78 is 0. The highest BCUT2D eigenvalue weighted by Crippen LogP contribution is 2.22. The molecular formula is C16H25N. The van der Waals surface area contributed by atoms with Gasteiger partial charge in [-0.15, -0.1) is 0 Å². The van der Waals surface area contributed by atoms with Crippen molar-refractivity contribution in [3.05, 3.63) is 35.4 Å². The molecule has 0 heterocycles. The van der Waals surface area contributed by atoms with Crippen molar-refractivity contribution in [2.45, 2.75) is 64.5 Å². The minimum absolute atomic E-state index is 0.494. The largest absolute Gasteiger partial charge is 0.307 e. The molecule has 0 amide bonds. The number of rotatable bonds is 5. The molecule has 1 aliphatic carbocycles. The molecule has 1 aromatic carbocycles. The first-order valence-corrected chi connectivity index (χ1v) is 7.14. The van der Waals surface area contributed by atoms with Crippen LogP contribution in [0.5, 0.6) is 0 Å². The van der Waals surface area contributed by atoms with E-state index in [4.69, 9.17) is 0 Å². The van der Waals surface area contributed by atoms with Gasteiger partial charge in [-0.2, -0.15) is 0 Å². The summed E-state index contributed by atoms with van der Waals surface area (Å²) in [4.78, 5) is 0. The van der Waals surface area contributed by atoms with Crippen LogP contribution in [-0.4, -0.2) is 6.04 Å². The average Bonchev–Trinajstić information content (AvgIpc) is 2.83. The first kappa shape index (κ1) is 12.6. The Morgan fingerprint density at radius 1 is 1.18 bits per heavy atom. The average molecular weight is 231 g/mol. The molecule has 1 fully saturated rings. The van der Waals surface area contributed by atoms with Crippen LogP contribution in [0.25, 0.3) is 0 Å². The summed E-state index contributed by atoms with van der Waals surface area (Å²) in [6.07, 6.45) is 7.95. The van der Waals surface area contributed by atoms with Crippen LogP contribution < -0.4 is 5.32 Å². The van der Waals surface area contributed by atoms with Gasteiger partial charge in [-0.05, 0) is 37.3 Å². The molecule has 2 rings (SSSR count). The second kappa shape index (κ2) is 6.20. The highest BCUT2D eigenvalue weighted by atomic mass is 14.9. The number of hydrogen-bond donors (Lipinski definition) is 1. The van der Waals surface area contributed by atoms with Crippen molar-refractivity contribution in [1.29, 1.82) is 0 Å². The summed E-state index contributed by atoms with van der Waals surface area (Å²) in [6.45, 7) is 4.52. The van der Waals surface area contributed by atoms with Crippen molar-refractivity contribution in [3.8, 4) is 0 Å². The lowest BCUT2D eigenvalue weighted by atomic mass is 10.0. The van der Waals surface area contributed by atoms with Crippen LogP contribution in [0.15, 0.2) is 24.3 Å². The van der Waals surface area contributed by atoms with Crippen LogP contribution in [0.3, 0.4) is 0 Å². The molecule has 1 nitrogen and oxygen atoms in total. The molecule has 1 N–H and O–H groups in total. The summed E-state index contributed by atoms with van der Waals surface area (Å²) in [7, 11) is 0. The first-order valence-electron chi connectivity index (χ1n) is 7.14. The van der Waals surface area contributed by atoms with Crippen LogP contribution in [-0.2, 0) is 6.42 Å². The molecule has 1 heteroatoms. The molecule has 94 valence electrons. The van der Waals surface area contributed by atoms with Gasteiger partial charge in [0, 0.05) is 12.1 Å². The van der Waals surface area contributed by atoms with Crippen LogP contribution >= 0.6 is 0 Å². The SMILES string of the molecule is CCCc1ccc(C(C)NC2CCCC2)cc1. The van der Waals surface area contributed by atoms with Crippen molar-refractivity contribution in [3.63, 3.8) is 0 Å². The summed E-state index contributed by atoms with van der Waals surface area (Å²) in [5.41, 5.74) is 2.89. The van der Waals surface area contributed by atoms with Crippen molar-refractivity contribution >= 4 is 0 Å². The van der Waals surface area contributed by atoms with Crippen LogP contribution in [0.4, 0.5) is 0 Å². The Hall–Kier alpha value is -0.820. The van der Waals surface area contributed by atoms with Crippen molar-refractivity contribution < 1.29 is 0 Å². The van der Waals surface area contributed by atoms with Crippen molar-refractivity contribution in [2.75, 3.05) is 0 Å². The minimum Gasteiger partial charge on any atom is -0.307 e. The quantitative estimate of drug-likeness (QED) is 0.799. The Morgan fingerprint density at radius 2 is 1.82 bits per heavy atom. The third kappa shape index (κ3) is 3.57. The molecule has 1 unspecified atom stereocenters. The van der Waals surface area contributed by atoms with E-state index in [0.717, 1.165) is 6.04 Å². The van der Waals surface area contributed by atoms with Crippen LogP contribution in [0.1, 0.15) is 63.1 Å². The second-order valence-corrected chi connectivity index (χ2v) is 5.36. The summed E-state index contributed by atoms with van der Waals surface area (Å²) >= 11 is 0. The third-order valence-corrected chi connectivity index (χ3v) is 3.86. The summed E-state index contributed by atoms with van der Waals surface area (Å²) in [5, 5.41) is 3.75. The normalized spacial score (nSPS) is 18.5. The molecule has 1 aromatic rings. The zero-order valence-corrected chi connectivity index (χ0v) is 11.2. The second-order valence-electron chi connectivity index (χ2n) is 5.36. The fourth-order valence-corrected chi connectivity index (χ4v) is 2.80. The highest BCUT2D eigenvalue weighted by Gasteiger charge is 2.17. The fourth-order valence-electron chi connectivity index (χ4n) is 2.80. The molecule has 1 atom stereocenters. The maximum atomic E-state index is 3.75. The van der Waals surface area contributed by atoms with Crippen LogP contribution in [0.2, 0.25) is 0 Å². The van der Waals surface area contributed by atoms with E-state index in [2.05, 4.69) is 43.4 Å². The number of hydrogen-bond acceptors (Lipinski definition) is 1. The molecule has 1 aliphatic rings. The van der Waals surface area contributed by atoms with Gasteiger partial charge in [0.15, 0.2) is 0 Å². The van der Waals surface area contributed by atoms with Gasteiger partial charge < -0.3 is 5.32 Å². The Bertz CT molecular complexity index is 322. The summed E-state index contributed by atoms with van der Waals surface area (Å²) in [6, 6.07) is 10.4. The number of nitrogens with one attached hydrogen (secondary N) is 1. The van der Waals surface area contributed by atoms with E-state index in [1.165, 1.54) is 49.7 Å². The number of aryl methyl sites for hydroxylation is 1. The number of benzene rings is 1. The van der Waals surface area contributed by atoms with Crippen molar-refractivity contribution in [2.24, 2.45) is 0 Å². The molecule has 0 bridgehead atoms. The predicted octanol–water partition coefficient (Wildman–Crippen LogP) is 4.23. The van der Waals surface area contributed by atoms with E-state index < -0.39 is 0 Å². The Labute approximate surface area is 106 Å². The first-order chi connectivity index (χ1) is 8.29. The highest BCUT2D eigenvalue weighted by molar-refractivity contribution is 5.24. The lowest BCUT2D eigenvalue weighted by Crippen LogP contribution is -2.28. The zero-order chi connectivity index (χ0) is 12.1. The zero-order valence-electron chi connectivity index (χ0n) is 11.2. The molecular weight excluding hydrogens is 206 g/mol. The minimum atomic E-state index is 0.494. The van der Waals surface area contributed by atoms with E-state index in [1.54, 1.807) is 0 Å². The molecule has 0 spiro atoms. The lowest BCUT2D eigenvalue weighted by Gasteiger charge is -2.19. The molecule has 0 radical (unpaired) electrons. The smallest absolute Gasteiger partial charge is 0.0294 e. The van der Waals surface area contributed by atoms with Gasteiger partial charge >= 0.3 is 0 Å². The third-order valence-electron chi connectivity index (χ3n) is 3.86. The predicted molar refractivity (Wildman–Crippen MR) is 74.2 cm³/mol. The van der Waals surface area contributed by atoms with Gasteiger partial charge in [0.1, 0.15) is 0 Å².